The molecule has 1 aromatic rings. The van der Waals surface area contributed by atoms with E-state index >= 15 is 0 Å². The first-order chi connectivity index (χ1) is 9.16. The van der Waals surface area contributed by atoms with Crippen molar-refractivity contribution >= 4 is 33.6 Å². The Morgan fingerprint density at radius 1 is 1.26 bits per heavy atom. The fourth-order valence-electron chi connectivity index (χ4n) is 1.84. The minimum Gasteiger partial charge on any atom is -0.352 e. The molecule has 0 aliphatic carbocycles. The van der Waals surface area contributed by atoms with Gasteiger partial charge in [-0.2, -0.15) is 11.8 Å². The van der Waals surface area contributed by atoms with Crippen LogP contribution in [-0.4, -0.2) is 24.5 Å². The molecule has 0 aliphatic rings. The van der Waals surface area contributed by atoms with Crippen LogP contribution in [0.4, 0.5) is 0 Å². The summed E-state index contributed by atoms with van der Waals surface area (Å²) in [6.07, 6.45) is 6.92. The summed E-state index contributed by atoms with van der Waals surface area (Å²) in [5.41, 5.74) is 1.81. The Bertz CT molecular complexity index is 409. The van der Waals surface area contributed by atoms with E-state index in [0.29, 0.717) is 0 Å². The SMILES string of the molecule is CSCCCCCCNC(=O)c1cccc(C)c1Br. The first-order valence-corrected chi connectivity index (χ1v) is 8.87. The monoisotopic (exact) mass is 343 g/mol. The number of nitrogens with one attached hydrogen (secondary N) is 1. The molecule has 1 amide bonds. The van der Waals surface area contributed by atoms with E-state index in [0.717, 1.165) is 28.6 Å². The third kappa shape index (κ3) is 6.00. The number of hydrogen-bond acceptors (Lipinski definition) is 2. The molecule has 0 saturated heterocycles. The molecule has 19 heavy (non-hydrogen) atoms. The number of halogens is 1. The number of carbonyl (C=O) groups is 1. The Balaban J connectivity index is 2.26. The van der Waals surface area contributed by atoms with E-state index in [4.69, 9.17) is 0 Å². The van der Waals surface area contributed by atoms with Gasteiger partial charge in [0.15, 0.2) is 0 Å². The Morgan fingerprint density at radius 3 is 2.74 bits per heavy atom. The molecule has 1 N–H and O–H groups in total. The maximum absolute atomic E-state index is 12.0. The van der Waals surface area contributed by atoms with E-state index in [-0.39, 0.29) is 5.91 Å². The van der Waals surface area contributed by atoms with Gasteiger partial charge in [0.05, 0.1) is 5.56 Å². The number of hydrogen-bond donors (Lipinski definition) is 1. The van der Waals surface area contributed by atoms with Gasteiger partial charge in [-0.3, -0.25) is 4.79 Å². The van der Waals surface area contributed by atoms with Gasteiger partial charge in [-0.25, -0.2) is 0 Å². The molecule has 0 spiro atoms. The predicted molar refractivity (Wildman–Crippen MR) is 88.1 cm³/mol. The predicted octanol–water partition coefficient (Wildman–Crippen LogP) is 4.41. The average molecular weight is 344 g/mol. The summed E-state index contributed by atoms with van der Waals surface area (Å²) >= 11 is 5.36. The number of carbonyl (C=O) groups excluding carboxylic acids is 1. The Hall–Kier alpha value is -0.480. The molecule has 0 bridgehead atoms. The van der Waals surface area contributed by atoms with Crippen LogP contribution in [0, 0.1) is 6.92 Å². The van der Waals surface area contributed by atoms with Crippen molar-refractivity contribution in [3.63, 3.8) is 0 Å². The number of rotatable bonds is 8. The van der Waals surface area contributed by atoms with Crippen molar-refractivity contribution in [3.8, 4) is 0 Å². The molecular formula is C15H22BrNOS. The van der Waals surface area contributed by atoms with Crippen LogP contribution in [0.3, 0.4) is 0 Å². The van der Waals surface area contributed by atoms with Gasteiger partial charge in [0.25, 0.3) is 5.91 Å². The van der Waals surface area contributed by atoms with Crippen LogP contribution in [-0.2, 0) is 0 Å². The first-order valence-electron chi connectivity index (χ1n) is 6.69. The molecule has 0 radical (unpaired) electrons. The van der Waals surface area contributed by atoms with Crippen molar-refractivity contribution in [1.29, 1.82) is 0 Å². The quantitative estimate of drug-likeness (QED) is 0.708. The lowest BCUT2D eigenvalue weighted by molar-refractivity contribution is 0.0952. The van der Waals surface area contributed by atoms with E-state index in [2.05, 4.69) is 27.5 Å². The van der Waals surface area contributed by atoms with Crippen LogP contribution in [0.1, 0.15) is 41.6 Å². The summed E-state index contributed by atoms with van der Waals surface area (Å²) in [7, 11) is 0. The van der Waals surface area contributed by atoms with E-state index < -0.39 is 0 Å². The highest BCUT2D eigenvalue weighted by Gasteiger charge is 2.10. The highest BCUT2D eigenvalue weighted by Crippen LogP contribution is 2.20. The summed E-state index contributed by atoms with van der Waals surface area (Å²) in [5, 5.41) is 2.98. The molecule has 1 aromatic carbocycles. The lowest BCUT2D eigenvalue weighted by atomic mass is 10.1. The molecule has 2 nitrogen and oxygen atoms in total. The fourth-order valence-corrected chi connectivity index (χ4v) is 2.78. The average Bonchev–Trinajstić information content (AvgIpc) is 2.40. The van der Waals surface area contributed by atoms with Crippen LogP contribution in [0.5, 0.6) is 0 Å². The maximum atomic E-state index is 12.0. The van der Waals surface area contributed by atoms with Crippen molar-refractivity contribution in [2.24, 2.45) is 0 Å². The highest BCUT2D eigenvalue weighted by atomic mass is 79.9. The number of aryl methyl sites for hydroxylation is 1. The smallest absolute Gasteiger partial charge is 0.252 e. The Kier molecular flexibility index (Phi) is 8.22. The van der Waals surface area contributed by atoms with E-state index in [1.807, 2.05) is 36.9 Å². The third-order valence-corrected chi connectivity index (χ3v) is 4.75. The summed E-state index contributed by atoms with van der Waals surface area (Å²) in [4.78, 5) is 12.0. The van der Waals surface area contributed by atoms with Gasteiger partial charge in [0.1, 0.15) is 0 Å². The first kappa shape index (κ1) is 16.6. The molecule has 0 fully saturated rings. The van der Waals surface area contributed by atoms with E-state index in [1.54, 1.807) is 0 Å². The maximum Gasteiger partial charge on any atom is 0.252 e. The lowest BCUT2D eigenvalue weighted by Crippen LogP contribution is -2.24. The second-order valence-electron chi connectivity index (χ2n) is 4.60. The number of amides is 1. The zero-order valence-electron chi connectivity index (χ0n) is 11.7. The minimum absolute atomic E-state index is 0.0136. The van der Waals surface area contributed by atoms with Crippen LogP contribution in [0.2, 0.25) is 0 Å². The normalized spacial score (nSPS) is 10.5. The molecule has 0 aliphatic heterocycles. The molecule has 0 heterocycles. The van der Waals surface area contributed by atoms with E-state index in [9.17, 15) is 4.79 Å². The molecule has 4 heteroatoms. The van der Waals surface area contributed by atoms with Gasteiger partial charge >= 0.3 is 0 Å². The number of thioether (sulfide) groups is 1. The molecule has 0 atom stereocenters. The molecule has 0 saturated carbocycles. The van der Waals surface area contributed by atoms with Gasteiger partial charge in [0, 0.05) is 11.0 Å². The summed E-state index contributed by atoms with van der Waals surface area (Å²) < 4.78 is 0.896. The van der Waals surface area contributed by atoms with Gasteiger partial charge < -0.3 is 5.32 Å². The van der Waals surface area contributed by atoms with Crippen LogP contribution < -0.4 is 5.32 Å². The van der Waals surface area contributed by atoms with Gasteiger partial charge in [0.2, 0.25) is 0 Å². The Labute approximate surface area is 128 Å². The van der Waals surface area contributed by atoms with Crippen LogP contribution in [0.25, 0.3) is 0 Å². The van der Waals surface area contributed by atoms with Crippen molar-refractivity contribution in [3.05, 3.63) is 33.8 Å². The third-order valence-electron chi connectivity index (χ3n) is 3.00. The minimum atomic E-state index is 0.0136. The van der Waals surface area contributed by atoms with Crippen molar-refractivity contribution in [2.75, 3.05) is 18.6 Å². The molecule has 1 rings (SSSR count). The molecule has 0 aromatic heterocycles. The summed E-state index contributed by atoms with van der Waals surface area (Å²) in [6, 6.07) is 5.76. The Morgan fingerprint density at radius 2 is 2.00 bits per heavy atom. The standard InChI is InChI=1S/C15H22BrNOS/c1-12-8-7-9-13(14(12)16)15(18)17-10-5-3-4-6-11-19-2/h7-9H,3-6,10-11H2,1-2H3,(H,17,18). The number of benzene rings is 1. The molecule has 106 valence electrons. The number of unbranched alkanes of at least 4 members (excludes halogenated alkanes) is 3. The topological polar surface area (TPSA) is 29.1 Å². The zero-order chi connectivity index (χ0) is 14.1. The second kappa shape index (κ2) is 9.43. The van der Waals surface area contributed by atoms with Crippen LogP contribution >= 0.6 is 27.7 Å². The van der Waals surface area contributed by atoms with Crippen LogP contribution in [0.15, 0.2) is 22.7 Å². The zero-order valence-corrected chi connectivity index (χ0v) is 14.1. The second-order valence-corrected chi connectivity index (χ2v) is 6.38. The lowest BCUT2D eigenvalue weighted by Gasteiger charge is -2.08. The van der Waals surface area contributed by atoms with Gasteiger partial charge in [-0.1, -0.05) is 25.0 Å². The van der Waals surface area contributed by atoms with Gasteiger partial charge in [-0.05, 0) is 59.3 Å². The summed E-state index contributed by atoms with van der Waals surface area (Å²) in [6.45, 7) is 2.76. The fraction of sp³-hybridized carbons (Fsp3) is 0.533. The van der Waals surface area contributed by atoms with Crippen molar-refractivity contribution in [2.45, 2.75) is 32.6 Å². The van der Waals surface area contributed by atoms with Crippen molar-refractivity contribution in [1.82, 2.24) is 5.32 Å². The molecular weight excluding hydrogens is 322 g/mol. The largest absolute Gasteiger partial charge is 0.352 e. The highest BCUT2D eigenvalue weighted by molar-refractivity contribution is 9.10. The molecule has 0 unspecified atom stereocenters. The van der Waals surface area contributed by atoms with E-state index in [1.165, 1.54) is 25.0 Å². The van der Waals surface area contributed by atoms with Crippen molar-refractivity contribution < 1.29 is 4.79 Å². The van der Waals surface area contributed by atoms with Gasteiger partial charge in [-0.15, -0.1) is 0 Å². The summed E-state index contributed by atoms with van der Waals surface area (Å²) in [5.74, 6) is 1.25.